The topological polar surface area (TPSA) is 52.0 Å². The van der Waals surface area contributed by atoms with Crippen molar-refractivity contribution in [2.45, 2.75) is 13.0 Å². The third-order valence-corrected chi connectivity index (χ3v) is 1.99. The fraction of sp³-hybridized carbons (Fsp3) is 0.182. The van der Waals surface area contributed by atoms with Crippen molar-refractivity contribution in [2.75, 3.05) is 0 Å². The normalized spacial score (nSPS) is 12.7. The summed E-state index contributed by atoms with van der Waals surface area (Å²) in [6.45, 7) is 1.87. The molecule has 2 N–H and O–H groups in total. The van der Waals surface area contributed by atoms with E-state index in [0.717, 1.165) is 5.56 Å². The standard InChI is InChI=1S/C11H12N2O/c1-8(12)10-7-13-11(14-10)9-5-3-2-4-6-9/h2-8H,12H2,1H3/t8-/m1/s1. The molecule has 0 fully saturated rings. The lowest BCUT2D eigenvalue weighted by Gasteiger charge is -1.97. The van der Waals surface area contributed by atoms with E-state index in [-0.39, 0.29) is 6.04 Å². The van der Waals surface area contributed by atoms with Gasteiger partial charge < -0.3 is 10.2 Å². The summed E-state index contributed by atoms with van der Waals surface area (Å²) < 4.78 is 5.50. The van der Waals surface area contributed by atoms with Crippen molar-refractivity contribution in [3.05, 3.63) is 42.3 Å². The molecule has 0 aliphatic carbocycles. The number of hydrogen-bond acceptors (Lipinski definition) is 3. The van der Waals surface area contributed by atoms with E-state index in [1.165, 1.54) is 0 Å². The van der Waals surface area contributed by atoms with Crippen LogP contribution in [0.15, 0.2) is 40.9 Å². The van der Waals surface area contributed by atoms with Crippen molar-refractivity contribution in [3.8, 4) is 11.5 Å². The second-order valence-electron chi connectivity index (χ2n) is 3.22. The van der Waals surface area contributed by atoms with E-state index >= 15 is 0 Å². The van der Waals surface area contributed by atoms with Gasteiger partial charge in [-0.3, -0.25) is 0 Å². The Hall–Kier alpha value is -1.61. The SMILES string of the molecule is C[C@@H](N)c1cnc(-c2ccccc2)o1. The molecule has 0 saturated heterocycles. The Kier molecular flexibility index (Phi) is 2.33. The molecule has 0 saturated carbocycles. The van der Waals surface area contributed by atoms with Crippen LogP contribution in [0.5, 0.6) is 0 Å². The highest BCUT2D eigenvalue weighted by Gasteiger charge is 2.08. The first-order valence-corrected chi connectivity index (χ1v) is 4.54. The van der Waals surface area contributed by atoms with Gasteiger partial charge in [-0.15, -0.1) is 0 Å². The summed E-state index contributed by atoms with van der Waals surface area (Å²) in [5.74, 6) is 1.33. The van der Waals surface area contributed by atoms with E-state index in [1.54, 1.807) is 6.20 Å². The van der Waals surface area contributed by atoms with Gasteiger partial charge in [0.25, 0.3) is 0 Å². The summed E-state index contributed by atoms with van der Waals surface area (Å²) >= 11 is 0. The Balaban J connectivity index is 2.34. The summed E-state index contributed by atoms with van der Waals surface area (Å²) in [7, 11) is 0. The second-order valence-corrected chi connectivity index (χ2v) is 3.22. The molecule has 0 spiro atoms. The summed E-state index contributed by atoms with van der Waals surface area (Å²) in [5, 5.41) is 0. The lowest BCUT2D eigenvalue weighted by molar-refractivity contribution is 0.488. The molecular weight excluding hydrogens is 176 g/mol. The number of rotatable bonds is 2. The number of oxazole rings is 1. The zero-order valence-electron chi connectivity index (χ0n) is 7.97. The largest absolute Gasteiger partial charge is 0.440 e. The minimum Gasteiger partial charge on any atom is -0.440 e. The van der Waals surface area contributed by atoms with Gasteiger partial charge in [-0.05, 0) is 19.1 Å². The first kappa shape index (κ1) is 8.97. The fourth-order valence-electron chi connectivity index (χ4n) is 1.21. The molecule has 1 atom stereocenters. The summed E-state index contributed by atoms with van der Waals surface area (Å²) in [5.41, 5.74) is 6.64. The van der Waals surface area contributed by atoms with E-state index in [2.05, 4.69) is 4.98 Å². The molecule has 1 aromatic heterocycles. The van der Waals surface area contributed by atoms with Gasteiger partial charge in [0.05, 0.1) is 12.2 Å². The second kappa shape index (κ2) is 3.64. The van der Waals surface area contributed by atoms with E-state index in [1.807, 2.05) is 37.3 Å². The molecule has 72 valence electrons. The molecule has 0 aliphatic heterocycles. The van der Waals surface area contributed by atoms with Gasteiger partial charge in [0.1, 0.15) is 5.76 Å². The molecule has 1 heterocycles. The summed E-state index contributed by atoms with van der Waals surface area (Å²) in [6.07, 6.45) is 1.67. The predicted molar refractivity (Wildman–Crippen MR) is 54.5 cm³/mol. The van der Waals surface area contributed by atoms with Crippen LogP contribution in [0.2, 0.25) is 0 Å². The molecule has 3 nitrogen and oxygen atoms in total. The number of nitrogens with zero attached hydrogens (tertiary/aromatic N) is 1. The van der Waals surface area contributed by atoms with E-state index in [4.69, 9.17) is 10.2 Å². The molecule has 0 unspecified atom stereocenters. The number of hydrogen-bond donors (Lipinski definition) is 1. The first-order valence-electron chi connectivity index (χ1n) is 4.54. The predicted octanol–water partition coefficient (Wildman–Crippen LogP) is 2.36. The molecule has 0 amide bonds. The molecule has 2 aromatic rings. The van der Waals surface area contributed by atoms with Crippen LogP contribution in [-0.2, 0) is 0 Å². The summed E-state index contributed by atoms with van der Waals surface area (Å²) in [4.78, 5) is 4.16. The third-order valence-electron chi connectivity index (χ3n) is 1.99. The highest BCUT2D eigenvalue weighted by molar-refractivity contribution is 5.52. The van der Waals surface area contributed by atoms with Crippen molar-refractivity contribution in [3.63, 3.8) is 0 Å². The lowest BCUT2D eigenvalue weighted by atomic mass is 10.2. The monoisotopic (exact) mass is 188 g/mol. The Morgan fingerprint density at radius 1 is 1.29 bits per heavy atom. The molecule has 0 aliphatic rings. The van der Waals surface area contributed by atoms with Gasteiger partial charge in [-0.2, -0.15) is 0 Å². The molecule has 1 aromatic carbocycles. The Morgan fingerprint density at radius 2 is 2.00 bits per heavy atom. The van der Waals surface area contributed by atoms with Gasteiger partial charge in [-0.1, -0.05) is 18.2 Å². The molecule has 14 heavy (non-hydrogen) atoms. The minimum absolute atomic E-state index is 0.111. The minimum atomic E-state index is -0.111. The Morgan fingerprint density at radius 3 is 2.57 bits per heavy atom. The van der Waals surface area contributed by atoms with Gasteiger partial charge in [0.15, 0.2) is 0 Å². The zero-order chi connectivity index (χ0) is 9.97. The molecule has 2 rings (SSSR count). The lowest BCUT2D eigenvalue weighted by Crippen LogP contribution is -2.02. The van der Waals surface area contributed by atoms with Crippen LogP contribution in [0.25, 0.3) is 11.5 Å². The van der Waals surface area contributed by atoms with Crippen LogP contribution in [0.4, 0.5) is 0 Å². The molecule has 0 radical (unpaired) electrons. The smallest absolute Gasteiger partial charge is 0.226 e. The van der Waals surface area contributed by atoms with Gasteiger partial charge in [0.2, 0.25) is 5.89 Å². The Bertz CT molecular complexity index is 406. The van der Waals surface area contributed by atoms with E-state index in [0.29, 0.717) is 11.7 Å². The van der Waals surface area contributed by atoms with Crippen LogP contribution in [0, 0.1) is 0 Å². The van der Waals surface area contributed by atoms with Crippen LogP contribution >= 0.6 is 0 Å². The molecule has 3 heteroatoms. The van der Waals surface area contributed by atoms with Crippen molar-refractivity contribution >= 4 is 0 Å². The van der Waals surface area contributed by atoms with Crippen molar-refractivity contribution in [1.29, 1.82) is 0 Å². The molecular formula is C11H12N2O. The third kappa shape index (κ3) is 1.67. The fourth-order valence-corrected chi connectivity index (χ4v) is 1.21. The quantitative estimate of drug-likeness (QED) is 0.787. The van der Waals surface area contributed by atoms with Crippen LogP contribution < -0.4 is 5.73 Å². The number of nitrogens with two attached hydrogens (primary N) is 1. The number of aromatic nitrogens is 1. The van der Waals surface area contributed by atoms with Crippen molar-refractivity contribution < 1.29 is 4.42 Å². The van der Waals surface area contributed by atoms with Crippen LogP contribution in [0.3, 0.4) is 0 Å². The zero-order valence-corrected chi connectivity index (χ0v) is 7.97. The van der Waals surface area contributed by atoms with Crippen molar-refractivity contribution in [2.24, 2.45) is 5.73 Å². The first-order chi connectivity index (χ1) is 6.77. The summed E-state index contributed by atoms with van der Waals surface area (Å²) in [6, 6.07) is 9.66. The van der Waals surface area contributed by atoms with Crippen LogP contribution in [0.1, 0.15) is 18.7 Å². The highest BCUT2D eigenvalue weighted by Crippen LogP contribution is 2.20. The van der Waals surface area contributed by atoms with Crippen LogP contribution in [-0.4, -0.2) is 4.98 Å². The van der Waals surface area contributed by atoms with Crippen molar-refractivity contribution in [1.82, 2.24) is 4.98 Å². The number of benzene rings is 1. The van der Waals surface area contributed by atoms with E-state index < -0.39 is 0 Å². The van der Waals surface area contributed by atoms with Gasteiger partial charge in [-0.25, -0.2) is 4.98 Å². The molecule has 0 bridgehead atoms. The Labute approximate surface area is 82.6 Å². The average molecular weight is 188 g/mol. The average Bonchev–Trinajstić information content (AvgIpc) is 2.68. The van der Waals surface area contributed by atoms with Gasteiger partial charge >= 0.3 is 0 Å². The maximum atomic E-state index is 5.67. The maximum absolute atomic E-state index is 5.67. The van der Waals surface area contributed by atoms with E-state index in [9.17, 15) is 0 Å². The van der Waals surface area contributed by atoms with Gasteiger partial charge in [0, 0.05) is 5.56 Å². The highest BCUT2D eigenvalue weighted by atomic mass is 16.4. The maximum Gasteiger partial charge on any atom is 0.226 e.